The third-order valence-corrected chi connectivity index (χ3v) is 3.01. The quantitative estimate of drug-likeness (QED) is 0.721. The van der Waals surface area contributed by atoms with Crippen molar-refractivity contribution in [3.05, 3.63) is 0 Å². The molecule has 0 saturated heterocycles. The number of hydrogen-bond acceptors (Lipinski definition) is 3. The Kier molecular flexibility index (Phi) is 7.37. The first kappa shape index (κ1) is 18.2. The predicted molar refractivity (Wildman–Crippen MR) is 78.1 cm³/mol. The normalized spacial score (nSPS) is 22.5. The summed E-state index contributed by atoms with van der Waals surface area (Å²) >= 11 is 0. The lowest BCUT2D eigenvalue weighted by Crippen LogP contribution is -2.42. The van der Waals surface area contributed by atoms with E-state index in [2.05, 4.69) is 10.6 Å². The van der Waals surface area contributed by atoms with Crippen molar-refractivity contribution in [3.8, 4) is 0 Å². The molecule has 2 atom stereocenters. The van der Waals surface area contributed by atoms with Gasteiger partial charge in [-0.1, -0.05) is 0 Å². The molecule has 0 aromatic rings. The van der Waals surface area contributed by atoms with Gasteiger partial charge in [0, 0.05) is 30.5 Å². The van der Waals surface area contributed by atoms with Crippen LogP contribution in [-0.2, 0) is 9.59 Å². The van der Waals surface area contributed by atoms with Crippen molar-refractivity contribution in [2.24, 2.45) is 11.7 Å². The molecule has 0 aliphatic heterocycles. The third kappa shape index (κ3) is 7.38. The Balaban J connectivity index is 0.00000324. The van der Waals surface area contributed by atoms with Crippen LogP contribution in [0.5, 0.6) is 0 Å². The Labute approximate surface area is 121 Å². The Bertz CT molecular complexity index is 316. The third-order valence-electron chi connectivity index (χ3n) is 3.01. The summed E-state index contributed by atoms with van der Waals surface area (Å²) in [6.07, 6.45) is 2.87. The zero-order valence-electron chi connectivity index (χ0n) is 12.0. The van der Waals surface area contributed by atoms with Crippen LogP contribution in [0.15, 0.2) is 0 Å². The molecule has 6 heteroatoms. The molecular formula is C13H26ClN3O2. The Morgan fingerprint density at radius 1 is 1.26 bits per heavy atom. The minimum atomic E-state index is -0.223. The van der Waals surface area contributed by atoms with Crippen molar-refractivity contribution in [1.29, 1.82) is 0 Å². The second-order valence-corrected chi connectivity index (χ2v) is 6.11. The number of carbonyl (C=O) groups is 2. The van der Waals surface area contributed by atoms with Crippen LogP contribution in [0.4, 0.5) is 0 Å². The summed E-state index contributed by atoms with van der Waals surface area (Å²) in [6, 6.07) is 0.157. The zero-order chi connectivity index (χ0) is 13.8. The Morgan fingerprint density at radius 2 is 1.89 bits per heavy atom. The van der Waals surface area contributed by atoms with Gasteiger partial charge in [-0.25, -0.2) is 0 Å². The smallest absolute Gasteiger partial charge is 0.223 e. The first-order chi connectivity index (χ1) is 8.28. The van der Waals surface area contributed by atoms with E-state index in [1.165, 1.54) is 0 Å². The summed E-state index contributed by atoms with van der Waals surface area (Å²) in [5, 5.41) is 5.67. The summed E-state index contributed by atoms with van der Waals surface area (Å²) in [5.74, 6) is 0.0307. The van der Waals surface area contributed by atoms with Gasteiger partial charge in [0.2, 0.25) is 11.8 Å². The van der Waals surface area contributed by atoms with Crippen LogP contribution in [0.1, 0.15) is 46.5 Å². The van der Waals surface area contributed by atoms with E-state index in [9.17, 15) is 9.59 Å². The maximum atomic E-state index is 11.8. The van der Waals surface area contributed by atoms with Crippen LogP contribution < -0.4 is 16.4 Å². The Hall–Kier alpha value is -0.810. The minimum absolute atomic E-state index is 0. The first-order valence-electron chi connectivity index (χ1n) is 6.62. The second-order valence-electron chi connectivity index (χ2n) is 6.11. The van der Waals surface area contributed by atoms with Crippen molar-refractivity contribution in [2.75, 3.05) is 6.54 Å². The molecule has 1 fully saturated rings. The molecule has 4 N–H and O–H groups in total. The lowest BCUT2D eigenvalue weighted by molar-refractivity contribution is -0.125. The highest BCUT2D eigenvalue weighted by Crippen LogP contribution is 2.23. The van der Waals surface area contributed by atoms with Gasteiger partial charge in [0.25, 0.3) is 0 Å². The molecule has 112 valence electrons. The van der Waals surface area contributed by atoms with Crippen molar-refractivity contribution in [1.82, 2.24) is 10.6 Å². The van der Waals surface area contributed by atoms with Crippen LogP contribution in [0, 0.1) is 5.92 Å². The lowest BCUT2D eigenvalue weighted by Gasteiger charge is -2.20. The highest BCUT2D eigenvalue weighted by Gasteiger charge is 2.27. The highest BCUT2D eigenvalue weighted by atomic mass is 35.5. The molecule has 0 heterocycles. The number of halogens is 1. The predicted octanol–water partition coefficient (Wildman–Crippen LogP) is 0.957. The fraction of sp³-hybridized carbons (Fsp3) is 0.846. The van der Waals surface area contributed by atoms with Gasteiger partial charge in [-0.3, -0.25) is 9.59 Å². The van der Waals surface area contributed by atoms with Gasteiger partial charge >= 0.3 is 0 Å². The van der Waals surface area contributed by atoms with Crippen molar-refractivity contribution >= 4 is 24.2 Å². The van der Waals surface area contributed by atoms with Gasteiger partial charge in [0.1, 0.15) is 0 Å². The van der Waals surface area contributed by atoms with Crippen LogP contribution >= 0.6 is 12.4 Å². The zero-order valence-corrected chi connectivity index (χ0v) is 12.8. The van der Waals surface area contributed by atoms with E-state index in [0.29, 0.717) is 13.0 Å². The van der Waals surface area contributed by atoms with Crippen molar-refractivity contribution in [2.45, 2.75) is 58.0 Å². The van der Waals surface area contributed by atoms with Gasteiger partial charge in [0.05, 0.1) is 0 Å². The van der Waals surface area contributed by atoms with E-state index >= 15 is 0 Å². The summed E-state index contributed by atoms with van der Waals surface area (Å²) < 4.78 is 0. The van der Waals surface area contributed by atoms with Gasteiger partial charge < -0.3 is 16.4 Å². The molecule has 0 bridgehead atoms. The maximum absolute atomic E-state index is 11.8. The number of nitrogens with two attached hydrogens (primary N) is 1. The van der Waals surface area contributed by atoms with Gasteiger partial charge in [-0.05, 0) is 40.0 Å². The molecule has 0 aromatic heterocycles. The molecule has 19 heavy (non-hydrogen) atoms. The second kappa shape index (κ2) is 7.70. The van der Waals surface area contributed by atoms with Crippen LogP contribution in [0.3, 0.4) is 0 Å². The molecule has 0 aromatic carbocycles. The average Bonchev–Trinajstić information content (AvgIpc) is 2.62. The van der Waals surface area contributed by atoms with Crippen molar-refractivity contribution in [3.63, 3.8) is 0 Å². The molecule has 0 spiro atoms. The van der Waals surface area contributed by atoms with E-state index in [-0.39, 0.29) is 41.7 Å². The maximum Gasteiger partial charge on any atom is 0.223 e. The highest BCUT2D eigenvalue weighted by molar-refractivity contribution is 5.85. The molecule has 1 aliphatic carbocycles. The molecule has 1 saturated carbocycles. The van der Waals surface area contributed by atoms with E-state index in [1.54, 1.807) is 0 Å². The number of rotatable bonds is 4. The molecular weight excluding hydrogens is 266 g/mol. The number of hydrogen-bond donors (Lipinski definition) is 3. The minimum Gasteiger partial charge on any atom is -0.355 e. The van der Waals surface area contributed by atoms with Crippen molar-refractivity contribution < 1.29 is 9.59 Å². The fourth-order valence-electron chi connectivity index (χ4n) is 2.18. The molecule has 0 radical (unpaired) electrons. The van der Waals surface area contributed by atoms with E-state index in [1.807, 2.05) is 20.8 Å². The van der Waals surface area contributed by atoms with E-state index < -0.39 is 0 Å². The van der Waals surface area contributed by atoms with E-state index in [4.69, 9.17) is 5.73 Å². The number of carbonyl (C=O) groups excluding carboxylic acids is 2. The Morgan fingerprint density at radius 3 is 2.37 bits per heavy atom. The summed E-state index contributed by atoms with van der Waals surface area (Å²) in [4.78, 5) is 23.3. The summed E-state index contributed by atoms with van der Waals surface area (Å²) in [5.41, 5.74) is 5.54. The summed E-state index contributed by atoms with van der Waals surface area (Å²) in [7, 11) is 0. The van der Waals surface area contributed by atoms with Crippen LogP contribution in [0.25, 0.3) is 0 Å². The van der Waals surface area contributed by atoms with Crippen LogP contribution in [0.2, 0.25) is 0 Å². The molecule has 1 rings (SSSR count). The number of amides is 2. The molecule has 2 unspecified atom stereocenters. The van der Waals surface area contributed by atoms with Crippen LogP contribution in [-0.4, -0.2) is 29.9 Å². The van der Waals surface area contributed by atoms with Gasteiger partial charge in [0.15, 0.2) is 0 Å². The van der Waals surface area contributed by atoms with Gasteiger partial charge in [-0.15, -0.1) is 12.4 Å². The SMILES string of the molecule is CC(C)(C)NC(=O)CCNC(=O)C1CCC(N)C1.Cl. The topological polar surface area (TPSA) is 84.2 Å². The lowest BCUT2D eigenvalue weighted by atomic mass is 10.1. The summed E-state index contributed by atoms with van der Waals surface area (Å²) in [6.45, 7) is 6.20. The molecule has 1 aliphatic rings. The molecule has 2 amide bonds. The average molecular weight is 292 g/mol. The monoisotopic (exact) mass is 291 g/mol. The van der Waals surface area contributed by atoms with E-state index in [0.717, 1.165) is 19.3 Å². The number of nitrogens with one attached hydrogen (secondary N) is 2. The van der Waals surface area contributed by atoms with Gasteiger partial charge in [-0.2, -0.15) is 0 Å². The molecule has 5 nitrogen and oxygen atoms in total. The standard InChI is InChI=1S/C13H25N3O2.ClH/c1-13(2,3)16-11(17)6-7-15-12(18)9-4-5-10(14)8-9;/h9-10H,4-8,14H2,1-3H3,(H,15,18)(H,16,17);1H. The fourth-order valence-corrected chi connectivity index (χ4v) is 2.18. The largest absolute Gasteiger partial charge is 0.355 e. The first-order valence-corrected chi connectivity index (χ1v) is 6.62.